The zero-order valence-electron chi connectivity index (χ0n) is 32.3. The minimum absolute atomic E-state index is 0.0593. The van der Waals surface area contributed by atoms with E-state index in [1.54, 1.807) is 25.7 Å². The molecule has 2 saturated carbocycles. The molecule has 1 aromatic carbocycles. The van der Waals surface area contributed by atoms with Gasteiger partial charge < -0.3 is 20.3 Å². The molecule has 14 heteroatoms. The van der Waals surface area contributed by atoms with Crippen LogP contribution in [0.1, 0.15) is 83.4 Å². The number of nitrogens with one attached hydrogen (secondary N) is 3. The molecule has 0 unspecified atom stereocenters. The molecule has 4 heterocycles. The molecule has 3 aliphatic heterocycles. The number of fused-ring (bicyclic) bond motifs is 4. The Morgan fingerprint density at radius 3 is 2.49 bits per heavy atom. The molecule has 2 saturated heterocycles. The van der Waals surface area contributed by atoms with Crippen molar-refractivity contribution in [1.29, 1.82) is 0 Å². The monoisotopic (exact) mass is 774 g/mol. The van der Waals surface area contributed by atoms with Crippen molar-refractivity contribution in [3.63, 3.8) is 0 Å². The lowest BCUT2D eigenvalue weighted by Gasteiger charge is -2.33. The van der Waals surface area contributed by atoms with Crippen LogP contribution in [0.25, 0.3) is 11.3 Å². The van der Waals surface area contributed by atoms with Crippen LogP contribution >= 0.6 is 0 Å². The average molecular weight is 775 g/mol. The summed E-state index contributed by atoms with van der Waals surface area (Å²) in [7, 11) is -3.87. The molecule has 0 bridgehead atoms. The molecule has 4 fully saturated rings. The number of nitrogens with zero attached hydrogens (tertiary/aromatic N) is 3. The summed E-state index contributed by atoms with van der Waals surface area (Å²) in [6.45, 7) is 9.29. The molecule has 3 N–H and O–H groups in total. The molecule has 296 valence electrons. The van der Waals surface area contributed by atoms with E-state index in [1.165, 1.54) is 5.56 Å². The summed E-state index contributed by atoms with van der Waals surface area (Å²) < 4.78 is 33.6. The predicted molar refractivity (Wildman–Crippen MR) is 207 cm³/mol. The number of pyridine rings is 1. The van der Waals surface area contributed by atoms with Crippen molar-refractivity contribution < 1.29 is 32.3 Å². The van der Waals surface area contributed by atoms with Gasteiger partial charge in [-0.2, -0.15) is 0 Å². The fourth-order valence-electron chi connectivity index (χ4n) is 8.42. The quantitative estimate of drug-likeness (QED) is 0.350. The second-order valence-electron chi connectivity index (χ2n) is 17.1. The number of allylic oxidation sites excluding steroid dienone is 1. The van der Waals surface area contributed by atoms with Gasteiger partial charge in [-0.05, 0) is 84.3 Å². The fourth-order valence-corrected chi connectivity index (χ4v) is 9.79. The molecule has 55 heavy (non-hydrogen) atoms. The Hall–Kier alpha value is -4.30. The second-order valence-corrected chi connectivity index (χ2v) is 19.1. The van der Waals surface area contributed by atoms with Crippen molar-refractivity contribution in [3.8, 4) is 11.3 Å². The van der Waals surface area contributed by atoms with Crippen LogP contribution in [-0.4, -0.2) is 95.1 Å². The number of alkyl carbamates (subject to hydrolysis) is 1. The van der Waals surface area contributed by atoms with Crippen molar-refractivity contribution in [2.75, 3.05) is 19.6 Å². The molecule has 2 aromatic rings. The summed E-state index contributed by atoms with van der Waals surface area (Å²) in [5.74, 6) is -2.32. The molecule has 0 spiro atoms. The first-order valence-electron chi connectivity index (χ1n) is 19.7. The number of ether oxygens (including phenoxy) is 1. The van der Waals surface area contributed by atoms with Gasteiger partial charge in [0.1, 0.15) is 23.2 Å². The third kappa shape index (κ3) is 8.90. The number of carbonyl (C=O) groups is 4. The topological polar surface area (TPSA) is 167 Å². The third-order valence-electron chi connectivity index (χ3n) is 11.5. The van der Waals surface area contributed by atoms with Crippen molar-refractivity contribution in [1.82, 2.24) is 30.1 Å². The van der Waals surface area contributed by atoms with Gasteiger partial charge in [-0.15, -0.1) is 0 Å². The highest BCUT2D eigenvalue weighted by molar-refractivity contribution is 7.91. The zero-order valence-corrected chi connectivity index (χ0v) is 33.1. The first-order chi connectivity index (χ1) is 26.1. The molecule has 0 radical (unpaired) electrons. The van der Waals surface area contributed by atoms with Crippen molar-refractivity contribution in [2.24, 2.45) is 17.8 Å². The summed E-state index contributed by atoms with van der Waals surface area (Å²) in [5, 5.41) is 5.21. The van der Waals surface area contributed by atoms with Crippen LogP contribution < -0.4 is 15.4 Å². The highest BCUT2D eigenvalue weighted by Gasteiger charge is 2.63. The van der Waals surface area contributed by atoms with Crippen LogP contribution in [0.5, 0.6) is 0 Å². The van der Waals surface area contributed by atoms with Crippen LogP contribution in [0.2, 0.25) is 0 Å². The Labute approximate surface area is 324 Å². The molecular weight excluding hydrogens is 721 g/mol. The van der Waals surface area contributed by atoms with E-state index >= 15 is 0 Å². The summed E-state index contributed by atoms with van der Waals surface area (Å²) in [5.41, 5.74) is 1.74. The predicted octanol–water partition coefficient (Wildman–Crippen LogP) is 4.21. The lowest BCUT2D eigenvalue weighted by Crippen LogP contribution is -2.60. The summed E-state index contributed by atoms with van der Waals surface area (Å²) >= 11 is 0. The summed E-state index contributed by atoms with van der Waals surface area (Å²) in [4.78, 5) is 64.9. The van der Waals surface area contributed by atoms with Gasteiger partial charge >= 0.3 is 6.09 Å². The molecule has 6 atom stereocenters. The maximum atomic E-state index is 14.7. The van der Waals surface area contributed by atoms with Gasteiger partial charge in [0, 0.05) is 43.6 Å². The Morgan fingerprint density at radius 1 is 1.00 bits per heavy atom. The fraction of sp³-hybridized carbons (Fsp3) is 0.585. The molecule has 1 aromatic heterocycles. The van der Waals surface area contributed by atoms with Gasteiger partial charge in [-0.3, -0.25) is 29.0 Å². The first-order valence-corrected chi connectivity index (χ1v) is 21.3. The van der Waals surface area contributed by atoms with E-state index in [4.69, 9.17) is 9.72 Å². The minimum atomic E-state index is -3.87. The first kappa shape index (κ1) is 39.0. The van der Waals surface area contributed by atoms with Crippen LogP contribution in [0.15, 0.2) is 54.6 Å². The number of hydrogen-bond acceptors (Lipinski definition) is 9. The number of aryl methyl sites for hydroxylation is 1. The van der Waals surface area contributed by atoms with Gasteiger partial charge in [-0.1, -0.05) is 60.9 Å². The van der Waals surface area contributed by atoms with Crippen LogP contribution in [0.3, 0.4) is 0 Å². The third-order valence-corrected chi connectivity index (χ3v) is 13.3. The van der Waals surface area contributed by atoms with Gasteiger partial charge in [0.05, 0.1) is 16.6 Å². The number of amides is 4. The standard InChI is InChI=1S/C41H54N6O7S/c1-26-15-17-27(18-16-26)33-14-10-12-30(42-33)24-46-22-28-23-47-35(32(28)25-46)36(48)44-41(38(50)45-55(52,53)31-19-20-31)21-29(41)11-8-6-5-7-9-13-34(37(47)49)43-39(51)54-40(2,3)4/h8,10-12,14-18,28-29,31-32,34-35H,5-7,9,13,19-25H2,1-4H3,(H,43,51)(H,44,48)(H,45,50)/b11-8-/t28-,29-,32-,34-,35-,41+/m0/s1. The molecule has 5 aliphatic rings. The molecular formula is C41H54N6O7S. The number of benzene rings is 1. The number of hydrogen-bond donors (Lipinski definition) is 3. The van der Waals surface area contributed by atoms with Gasteiger partial charge in [0.15, 0.2) is 0 Å². The van der Waals surface area contributed by atoms with Crippen LogP contribution in [-0.2, 0) is 35.7 Å². The SMILES string of the molecule is Cc1ccc(-c2cccc(CN3C[C@H]4CN5C(=O)[C@@H](NC(=O)OC(C)(C)C)CCCCC/C=C\[C@H]6C[C@@]6(C(=O)NS(=O)(=O)C6CC6)NC(=O)[C@@H]5[C@H]4C3)n2)cc1. The van der Waals surface area contributed by atoms with E-state index in [-0.39, 0.29) is 30.1 Å². The number of likely N-dealkylation sites (tertiary alicyclic amines) is 1. The second kappa shape index (κ2) is 15.3. The Kier molecular flexibility index (Phi) is 10.9. The summed E-state index contributed by atoms with van der Waals surface area (Å²) in [6.07, 6.45) is 7.84. The Morgan fingerprint density at radius 2 is 1.76 bits per heavy atom. The molecule has 2 aliphatic carbocycles. The molecule has 13 nitrogen and oxygen atoms in total. The Bertz CT molecular complexity index is 1940. The highest BCUT2D eigenvalue weighted by Crippen LogP contribution is 2.47. The Balaban J connectivity index is 1.16. The zero-order chi connectivity index (χ0) is 39.1. The van der Waals surface area contributed by atoms with Gasteiger partial charge in [0.25, 0.3) is 5.91 Å². The van der Waals surface area contributed by atoms with Crippen molar-refractivity contribution in [3.05, 3.63) is 65.9 Å². The van der Waals surface area contributed by atoms with E-state index in [2.05, 4.69) is 44.5 Å². The number of sulfonamides is 1. The average Bonchev–Trinajstić information content (AvgIpc) is 4.02. The van der Waals surface area contributed by atoms with E-state index in [0.29, 0.717) is 51.9 Å². The molecule has 7 rings (SSSR count). The van der Waals surface area contributed by atoms with Crippen molar-refractivity contribution >= 4 is 33.8 Å². The minimum Gasteiger partial charge on any atom is -0.444 e. The van der Waals surface area contributed by atoms with Gasteiger partial charge in [0.2, 0.25) is 21.8 Å². The van der Waals surface area contributed by atoms with Crippen LogP contribution in [0, 0.1) is 24.7 Å². The lowest BCUT2D eigenvalue weighted by molar-refractivity contribution is -0.142. The number of rotatable bonds is 7. The summed E-state index contributed by atoms with van der Waals surface area (Å²) in [6, 6.07) is 12.3. The smallest absolute Gasteiger partial charge is 0.408 e. The lowest BCUT2D eigenvalue weighted by atomic mass is 9.93. The van der Waals surface area contributed by atoms with E-state index in [9.17, 15) is 27.6 Å². The highest BCUT2D eigenvalue weighted by atomic mass is 32.2. The van der Waals surface area contributed by atoms with Crippen molar-refractivity contribution in [2.45, 2.75) is 114 Å². The maximum Gasteiger partial charge on any atom is 0.408 e. The molecule has 4 amide bonds. The number of aromatic nitrogens is 1. The van der Waals surface area contributed by atoms with Crippen LogP contribution in [0.4, 0.5) is 4.79 Å². The number of carbonyl (C=O) groups excluding carboxylic acids is 4. The maximum absolute atomic E-state index is 14.7. The van der Waals surface area contributed by atoms with Gasteiger partial charge in [-0.25, -0.2) is 13.2 Å². The van der Waals surface area contributed by atoms with E-state index in [1.807, 2.05) is 37.3 Å². The van der Waals surface area contributed by atoms with E-state index < -0.39 is 56.4 Å². The normalized spacial score (nSPS) is 29.5. The van der Waals surface area contributed by atoms with E-state index in [0.717, 1.165) is 36.2 Å². The largest absolute Gasteiger partial charge is 0.444 e.